The van der Waals surface area contributed by atoms with Gasteiger partial charge in [0.05, 0.1) is 66.1 Å². The number of hydrogen-bond acceptors (Lipinski definition) is 8. The minimum absolute atomic E-state index is 0.304. The number of benzene rings is 2. The van der Waals surface area contributed by atoms with Crippen LogP contribution in [-0.2, 0) is 32.8 Å². The van der Waals surface area contributed by atoms with Crippen LogP contribution in [0.1, 0.15) is 12.8 Å². The minimum atomic E-state index is -3.25. The predicted molar refractivity (Wildman–Crippen MR) is 141 cm³/mol. The minimum Gasteiger partial charge on any atom is -0.404 e. The second kappa shape index (κ2) is 20.4. The fourth-order valence-corrected chi connectivity index (χ4v) is 5.66. The topological polar surface area (TPSA) is 84.8 Å². The Morgan fingerprint density at radius 2 is 1.00 bits per heavy atom. The first-order valence-corrected chi connectivity index (χ1v) is 14.5. The van der Waals surface area contributed by atoms with E-state index in [9.17, 15) is 4.80 Å². The lowest BCUT2D eigenvalue weighted by Gasteiger charge is -2.25. The molecule has 0 aliphatic carbocycles. The second-order valence-electron chi connectivity index (χ2n) is 7.99. The first-order valence-electron chi connectivity index (χ1n) is 12.6. The van der Waals surface area contributed by atoms with Crippen LogP contribution in [-0.4, -0.2) is 99.7 Å². The summed E-state index contributed by atoms with van der Waals surface area (Å²) in [6.07, 6.45) is 2.56. The molecule has 1 aliphatic rings. The van der Waals surface area contributed by atoms with Crippen molar-refractivity contribution in [1.29, 1.82) is 0 Å². The monoisotopic (exact) mass is 522 g/mol. The Morgan fingerprint density at radius 1 is 0.611 bits per heavy atom. The van der Waals surface area contributed by atoms with Crippen LogP contribution in [0.3, 0.4) is 0 Å². The maximum atomic E-state index is 11.4. The molecule has 0 spiro atoms. The molecule has 9 heteroatoms. The highest BCUT2D eigenvalue weighted by Crippen LogP contribution is 2.04. The van der Waals surface area contributed by atoms with Crippen molar-refractivity contribution in [3.63, 3.8) is 0 Å². The van der Waals surface area contributed by atoms with Gasteiger partial charge in [-0.25, -0.2) is 0 Å². The van der Waals surface area contributed by atoms with E-state index in [1.165, 1.54) is 12.8 Å². The van der Waals surface area contributed by atoms with Crippen LogP contribution in [0.15, 0.2) is 60.7 Å². The van der Waals surface area contributed by atoms with Gasteiger partial charge in [-0.15, -0.1) is 0 Å². The summed E-state index contributed by atoms with van der Waals surface area (Å²) in [5.41, 5.74) is 0. The normalized spacial score (nSPS) is 13.4. The molecule has 1 saturated heterocycles. The molecule has 1 N–H and O–H groups in total. The van der Waals surface area contributed by atoms with Gasteiger partial charge in [-0.3, -0.25) is 0 Å². The maximum absolute atomic E-state index is 11.4. The quantitative estimate of drug-likeness (QED) is 0.234. The molecule has 0 saturated carbocycles. The average molecular weight is 523 g/mol. The van der Waals surface area contributed by atoms with Crippen molar-refractivity contribution in [3.8, 4) is 0 Å². The molecule has 202 valence electrons. The van der Waals surface area contributed by atoms with Gasteiger partial charge in [-0.2, -0.15) is 0 Å². The summed E-state index contributed by atoms with van der Waals surface area (Å²) in [5, 5.41) is 1.63. The molecule has 0 atom stereocenters. The zero-order chi connectivity index (χ0) is 25.6. The molecule has 2 aromatic rings. The molecule has 0 radical (unpaired) electrons. The van der Waals surface area contributed by atoms with Crippen LogP contribution in [0, 0.1) is 0 Å². The molecule has 3 rings (SSSR count). The highest BCUT2D eigenvalue weighted by atomic mass is 28.4. The second-order valence-corrected chi connectivity index (χ2v) is 10.7. The van der Waals surface area contributed by atoms with E-state index in [1.54, 1.807) is 7.11 Å². The lowest BCUT2D eigenvalue weighted by atomic mass is 10.4. The Kier molecular flexibility index (Phi) is 17.3. The fourth-order valence-electron chi connectivity index (χ4n) is 3.32. The summed E-state index contributed by atoms with van der Waals surface area (Å²) < 4.78 is 37.6. The summed E-state index contributed by atoms with van der Waals surface area (Å²) in [7, 11) is -1.61. The molecule has 0 aromatic heterocycles. The van der Waals surface area contributed by atoms with Gasteiger partial charge in [0.25, 0.3) is 0 Å². The Hall–Kier alpha value is -1.66. The van der Waals surface area contributed by atoms with Crippen LogP contribution in [0.5, 0.6) is 0 Å². The van der Waals surface area contributed by atoms with Gasteiger partial charge in [0.1, 0.15) is 0 Å². The van der Waals surface area contributed by atoms with E-state index in [0.717, 1.165) is 23.6 Å². The molecule has 2 aromatic carbocycles. The summed E-state index contributed by atoms with van der Waals surface area (Å²) >= 11 is 0. The van der Waals surface area contributed by atoms with Crippen molar-refractivity contribution in [2.75, 3.05) is 86.4 Å². The van der Waals surface area contributed by atoms with E-state index in [4.69, 9.17) is 32.8 Å². The van der Waals surface area contributed by atoms with Crippen LogP contribution in [0.25, 0.3) is 0 Å². The molecule has 1 aliphatic heterocycles. The SMILES string of the molecule is C1CCOC1.COCCOCCOCCOCCOCCO[Si](O)(c1ccccc1)c1ccccc1. The van der Waals surface area contributed by atoms with Crippen LogP contribution in [0.2, 0.25) is 0 Å². The number of methoxy groups -OCH3 is 1. The van der Waals surface area contributed by atoms with Crippen LogP contribution >= 0.6 is 0 Å². The summed E-state index contributed by atoms with van der Waals surface area (Å²) in [5.74, 6) is 0. The largest absolute Gasteiger partial charge is 0.404 e. The van der Waals surface area contributed by atoms with Crippen LogP contribution in [0.4, 0.5) is 0 Å². The first-order chi connectivity index (χ1) is 17.8. The average Bonchev–Trinajstić information content (AvgIpc) is 3.52. The lowest BCUT2D eigenvalue weighted by molar-refractivity contribution is -0.0103. The first kappa shape index (κ1) is 30.6. The van der Waals surface area contributed by atoms with E-state index in [2.05, 4.69) is 0 Å². The van der Waals surface area contributed by atoms with Gasteiger partial charge in [-0.1, -0.05) is 60.7 Å². The van der Waals surface area contributed by atoms with E-state index in [-0.39, 0.29) is 0 Å². The smallest absolute Gasteiger partial charge is 0.404 e. The molecule has 36 heavy (non-hydrogen) atoms. The third-order valence-electron chi connectivity index (χ3n) is 5.24. The maximum Gasteiger partial charge on any atom is 0.404 e. The van der Waals surface area contributed by atoms with E-state index in [1.807, 2.05) is 60.7 Å². The third-order valence-corrected chi connectivity index (χ3v) is 8.10. The molecule has 0 unspecified atom stereocenters. The fraction of sp³-hybridized carbons (Fsp3) is 0.556. The molecule has 0 amide bonds. The van der Waals surface area contributed by atoms with Gasteiger partial charge >= 0.3 is 8.56 Å². The number of hydrogen-bond donors (Lipinski definition) is 1. The van der Waals surface area contributed by atoms with Gasteiger partial charge < -0.3 is 37.6 Å². The Balaban J connectivity index is 0.000000809. The van der Waals surface area contributed by atoms with Gasteiger partial charge in [0.2, 0.25) is 0 Å². The summed E-state index contributed by atoms with van der Waals surface area (Å²) in [4.78, 5) is 11.4. The summed E-state index contributed by atoms with van der Waals surface area (Å²) in [6, 6.07) is 19.1. The Morgan fingerprint density at radius 3 is 1.36 bits per heavy atom. The highest BCUT2D eigenvalue weighted by molar-refractivity contribution is 6.91. The lowest BCUT2D eigenvalue weighted by Crippen LogP contribution is -2.61. The molecular formula is C27H42O8Si. The van der Waals surface area contributed by atoms with Crippen molar-refractivity contribution in [2.45, 2.75) is 12.8 Å². The molecule has 8 nitrogen and oxygen atoms in total. The number of rotatable bonds is 18. The molecule has 1 fully saturated rings. The predicted octanol–water partition coefficient (Wildman–Crippen LogP) is 1.76. The Labute approximate surface area is 216 Å². The van der Waals surface area contributed by atoms with E-state index in [0.29, 0.717) is 66.1 Å². The van der Waals surface area contributed by atoms with Crippen molar-refractivity contribution in [3.05, 3.63) is 60.7 Å². The van der Waals surface area contributed by atoms with Crippen molar-refractivity contribution < 1.29 is 37.6 Å². The van der Waals surface area contributed by atoms with Crippen molar-refractivity contribution >= 4 is 18.9 Å². The van der Waals surface area contributed by atoms with E-state index >= 15 is 0 Å². The van der Waals surface area contributed by atoms with Gasteiger partial charge in [0.15, 0.2) is 0 Å². The molecule has 0 bridgehead atoms. The highest BCUT2D eigenvalue weighted by Gasteiger charge is 2.38. The number of ether oxygens (including phenoxy) is 6. The van der Waals surface area contributed by atoms with Crippen molar-refractivity contribution in [2.24, 2.45) is 0 Å². The van der Waals surface area contributed by atoms with Crippen LogP contribution < -0.4 is 10.4 Å². The third kappa shape index (κ3) is 13.0. The zero-order valence-electron chi connectivity index (χ0n) is 21.5. The Bertz CT molecular complexity index is 699. The summed E-state index contributed by atoms with van der Waals surface area (Å²) in [6.45, 7) is 6.90. The molecule has 1 heterocycles. The van der Waals surface area contributed by atoms with Crippen molar-refractivity contribution in [1.82, 2.24) is 0 Å². The molecular weight excluding hydrogens is 480 g/mol. The van der Waals surface area contributed by atoms with Gasteiger partial charge in [-0.05, 0) is 23.2 Å². The standard InChI is InChI=1S/C23H34O7Si.C4H8O/c1-25-12-13-26-14-15-27-16-17-28-18-19-29-20-21-30-31(24,22-8-4-2-5-9-22)23-10-6-3-7-11-23;1-2-4-5-3-1/h2-11,24H,12-21H2,1H3;1-4H2. The van der Waals surface area contributed by atoms with Gasteiger partial charge in [0, 0.05) is 20.3 Å². The zero-order valence-corrected chi connectivity index (χ0v) is 22.5. The van der Waals surface area contributed by atoms with E-state index < -0.39 is 8.56 Å².